The van der Waals surface area contributed by atoms with Crippen molar-refractivity contribution in [3.8, 4) is 0 Å². The van der Waals surface area contributed by atoms with Gasteiger partial charge >= 0.3 is 0 Å². The molecule has 1 fully saturated rings. The second kappa shape index (κ2) is 5.40. The van der Waals surface area contributed by atoms with Crippen molar-refractivity contribution in [2.24, 2.45) is 0 Å². The number of hydrogen-bond acceptors (Lipinski definition) is 7. The van der Waals surface area contributed by atoms with Crippen LogP contribution in [0, 0.1) is 0 Å². The zero-order chi connectivity index (χ0) is 16.8. The van der Waals surface area contributed by atoms with Gasteiger partial charge in [-0.15, -0.1) is 15.3 Å². The number of nitrogens with zero attached hydrogens (tertiary/aromatic N) is 8. The van der Waals surface area contributed by atoms with Crippen LogP contribution in [0.1, 0.15) is 6.92 Å². The van der Waals surface area contributed by atoms with Gasteiger partial charge in [0, 0.05) is 31.9 Å². The predicted octanol–water partition coefficient (Wildman–Crippen LogP) is 1.11. The molecule has 1 N–H and O–H groups in total. The predicted molar refractivity (Wildman–Crippen MR) is 93.7 cm³/mol. The van der Waals surface area contributed by atoms with E-state index in [2.05, 4.69) is 47.0 Å². The van der Waals surface area contributed by atoms with Crippen molar-refractivity contribution < 1.29 is 0 Å². The van der Waals surface area contributed by atoms with Crippen LogP contribution in [0.3, 0.4) is 0 Å². The maximum absolute atomic E-state index is 4.62. The van der Waals surface area contributed by atoms with Crippen LogP contribution in [-0.4, -0.2) is 60.4 Å². The third-order valence-corrected chi connectivity index (χ3v) is 4.70. The van der Waals surface area contributed by atoms with Crippen LogP contribution >= 0.6 is 0 Å². The minimum atomic E-state index is 0.305. The van der Waals surface area contributed by atoms with Crippen molar-refractivity contribution in [1.29, 1.82) is 0 Å². The molecule has 1 aliphatic rings. The minimum Gasteiger partial charge on any atom is -0.352 e. The van der Waals surface area contributed by atoms with Crippen molar-refractivity contribution in [2.45, 2.75) is 13.0 Å². The molecular weight excluding hydrogens is 318 g/mol. The Morgan fingerprint density at radius 3 is 3.04 bits per heavy atom. The first kappa shape index (κ1) is 14.1. The highest BCUT2D eigenvalue weighted by atomic mass is 15.4. The summed E-state index contributed by atoms with van der Waals surface area (Å²) in [4.78, 5) is 16.6. The molecule has 0 radical (unpaired) electrons. The number of nitrogens with one attached hydrogen (secondary N) is 1. The molecule has 0 aromatic carbocycles. The summed E-state index contributed by atoms with van der Waals surface area (Å²) in [5, 5.41) is 13.6. The van der Waals surface area contributed by atoms with Gasteiger partial charge in [-0.05, 0) is 25.1 Å². The summed E-state index contributed by atoms with van der Waals surface area (Å²) in [6.45, 7) is 4.83. The molecule has 0 bridgehead atoms. The van der Waals surface area contributed by atoms with Crippen LogP contribution in [0.2, 0.25) is 0 Å². The van der Waals surface area contributed by atoms with E-state index in [1.807, 2.05) is 24.4 Å². The van der Waals surface area contributed by atoms with Gasteiger partial charge in [0.2, 0.25) is 0 Å². The third-order valence-electron chi connectivity index (χ3n) is 4.70. The van der Waals surface area contributed by atoms with Gasteiger partial charge in [-0.2, -0.15) is 4.52 Å². The quantitative estimate of drug-likeness (QED) is 0.587. The van der Waals surface area contributed by atoms with Crippen LogP contribution in [0.25, 0.3) is 16.7 Å². The molecule has 1 atom stereocenters. The van der Waals surface area contributed by atoms with E-state index in [0.29, 0.717) is 6.04 Å². The Morgan fingerprint density at radius 1 is 1.16 bits per heavy atom. The fourth-order valence-electron chi connectivity index (χ4n) is 3.47. The average Bonchev–Trinajstić information content (AvgIpc) is 3.29. The highest BCUT2D eigenvalue weighted by Gasteiger charge is 2.27. The van der Waals surface area contributed by atoms with E-state index >= 15 is 0 Å². The molecule has 1 aliphatic heterocycles. The molecule has 0 amide bonds. The zero-order valence-corrected chi connectivity index (χ0v) is 13.7. The summed E-state index contributed by atoms with van der Waals surface area (Å²) in [5.74, 6) is 1.92. The number of piperazine rings is 1. The molecule has 9 nitrogen and oxygen atoms in total. The van der Waals surface area contributed by atoms with E-state index < -0.39 is 0 Å². The smallest absolute Gasteiger partial charge is 0.177 e. The van der Waals surface area contributed by atoms with E-state index in [-0.39, 0.29) is 0 Å². The maximum atomic E-state index is 4.62. The fraction of sp³-hybridized carbons (Fsp3) is 0.312. The van der Waals surface area contributed by atoms with Gasteiger partial charge < -0.3 is 14.8 Å². The molecule has 1 saturated heterocycles. The number of hydrogen-bond donors (Lipinski definition) is 1. The van der Waals surface area contributed by atoms with E-state index in [1.165, 1.54) is 0 Å². The van der Waals surface area contributed by atoms with E-state index in [4.69, 9.17) is 0 Å². The molecule has 126 valence electrons. The van der Waals surface area contributed by atoms with Gasteiger partial charge in [-0.3, -0.25) is 0 Å². The zero-order valence-electron chi connectivity index (χ0n) is 13.7. The normalized spacial score (nSPS) is 18.4. The second-order valence-electron chi connectivity index (χ2n) is 6.25. The molecule has 0 spiro atoms. The lowest BCUT2D eigenvalue weighted by molar-refractivity contribution is 0.540. The second-order valence-corrected chi connectivity index (χ2v) is 6.25. The van der Waals surface area contributed by atoms with Crippen LogP contribution in [-0.2, 0) is 0 Å². The monoisotopic (exact) mass is 335 g/mol. The topological polar surface area (TPSA) is 91.1 Å². The van der Waals surface area contributed by atoms with Gasteiger partial charge in [-0.1, -0.05) is 0 Å². The molecule has 5 heterocycles. The van der Waals surface area contributed by atoms with Gasteiger partial charge in [-0.25, -0.2) is 9.97 Å². The minimum absolute atomic E-state index is 0.305. The Hall–Kier alpha value is -3.23. The van der Waals surface area contributed by atoms with Crippen LogP contribution in [0.5, 0.6) is 0 Å². The standard InChI is InChI=1S/C16H17N9/c1-11-8-23(16-12-4-5-17-15(12)18-9-19-16)6-7-24(11)14-3-2-13-21-20-10-25(13)22-14/h2-5,9-11H,6-8H2,1H3,(H,17,18,19)/t11-/m0/s1. The van der Waals surface area contributed by atoms with Crippen LogP contribution in [0.15, 0.2) is 37.1 Å². The van der Waals surface area contributed by atoms with Crippen molar-refractivity contribution in [3.63, 3.8) is 0 Å². The first-order chi connectivity index (χ1) is 12.3. The lowest BCUT2D eigenvalue weighted by Crippen LogP contribution is -2.52. The SMILES string of the molecule is C[C@H]1CN(c2ncnc3[nH]ccc23)CCN1c1ccc2nncn2n1. The Labute approximate surface area is 143 Å². The highest BCUT2D eigenvalue weighted by Crippen LogP contribution is 2.26. The molecular formula is C16H17N9. The summed E-state index contributed by atoms with van der Waals surface area (Å²) in [5.41, 5.74) is 1.63. The lowest BCUT2D eigenvalue weighted by atomic mass is 10.1. The maximum Gasteiger partial charge on any atom is 0.177 e. The molecule has 4 aromatic heterocycles. The first-order valence-corrected chi connectivity index (χ1v) is 8.26. The molecule has 9 heteroatoms. The summed E-state index contributed by atoms with van der Waals surface area (Å²) < 4.78 is 1.71. The number of aromatic nitrogens is 7. The number of rotatable bonds is 2. The largest absolute Gasteiger partial charge is 0.352 e. The van der Waals surface area contributed by atoms with E-state index in [9.17, 15) is 0 Å². The summed E-state index contributed by atoms with van der Waals surface area (Å²) >= 11 is 0. The Kier molecular flexibility index (Phi) is 3.06. The fourth-order valence-corrected chi connectivity index (χ4v) is 3.47. The van der Waals surface area contributed by atoms with Crippen LogP contribution < -0.4 is 9.80 Å². The van der Waals surface area contributed by atoms with E-state index in [0.717, 1.165) is 48.0 Å². The van der Waals surface area contributed by atoms with Gasteiger partial charge in [0.05, 0.1) is 5.39 Å². The molecule has 4 aromatic rings. The summed E-state index contributed by atoms with van der Waals surface area (Å²) in [7, 11) is 0. The van der Waals surface area contributed by atoms with Crippen molar-refractivity contribution in [1.82, 2.24) is 34.8 Å². The number of H-pyrrole nitrogens is 1. The van der Waals surface area contributed by atoms with Crippen molar-refractivity contribution >= 4 is 28.3 Å². The van der Waals surface area contributed by atoms with Crippen molar-refractivity contribution in [2.75, 3.05) is 29.4 Å². The molecule has 0 unspecified atom stereocenters. The molecule has 0 aliphatic carbocycles. The Bertz CT molecular complexity index is 1040. The third kappa shape index (κ3) is 2.27. The number of anilines is 2. The molecule has 5 rings (SSSR count). The van der Waals surface area contributed by atoms with Crippen molar-refractivity contribution in [3.05, 3.63) is 37.1 Å². The van der Waals surface area contributed by atoms with E-state index in [1.54, 1.807) is 17.2 Å². The van der Waals surface area contributed by atoms with Crippen LogP contribution in [0.4, 0.5) is 11.6 Å². The number of fused-ring (bicyclic) bond motifs is 2. The molecule has 0 saturated carbocycles. The van der Waals surface area contributed by atoms with Gasteiger partial charge in [0.25, 0.3) is 0 Å². The number of aromatic amines is 1. The Balaban J connectivity index is 1.42. The average molecular weight is 335 g/mol. The summed E-state index contributed by atoms with van der Waals surface area (Å²) in [6, 6.07) is 6.29. The summed E-state index contributed by atoms with van der Waals surface area (Å²) in [6.07, 6.45) is 5.15. The first-order valence-electron chi connectivity index (χ1n) is 8.26. The van der Waals surface area contributed by atoms with Gasteiger partial charge in [0.1, 0.15) is 29.9 Å². The van der Waals surface area contributed by atoms with Gasteiger partial charge in [0.15, 0.2) is 5.65 Å². The molecule has 25 heavy (non-hydrogen) atoms. The Morgan fingerprint density at radius 2 is 2.12 bits per heavy atom. The highest BCUT2D eigenvalue weighted by molar-refractivity contribution is 5.87. The lowest BCUT2D eigenvalue weighted by Gasteiger charge is -2.41.